The van der Waals surface area contributed by atoms with Crippen LogP contribution in [0, 0.1) is 5.92 Å². The minimum Gasteiger partial charge on any atom is -0.381 e. The Balaban J connectivity index is 1.60. The summed E-state index contributed by atoms with van der Waals surface area (Å²) in [5.41, 5.74) is 1.23. The molecule has 27 heavy (non-hydrogen) atoms. The summed E-state index contributed by atoms with van der Waals surface area (Å²) in [6.07, 6.45) is 7.10. The zero-order chi connectivity index (χ0) is 18.8. The largest absolute Gasteiger partial charge is 0.381 e. The molecule has 0 radical (unpaired) electrons. The lowest BCUT2D eigenvalue weighted by atomic mass is 9.97. The van der Waals surface area contributed by atoms with Crippen molar-refractivity contribution in [2.45, 2.75) is 25.3 Å². The number of hydrogen-bond donors (Lipinski definition) is 2. The fraction of sp³-hybridized carbons (Fsp3) is 0.474. The molecule has 2 aromatic heterocycles. The highest BCUT2D eigenvalue weighted by Gasteiger charge is 2.29. The number of ether oxygens (including phenoxy) is 1. The first-order valence-corrected chi connectivity index (χ1v) is 9.29. The van der Waals surface area contributed by atoms with Crippen molar-refractivity contribution in [3.63, 3.8) is 0 Å². The Morgan fingerprint density at radius 3 is 3.04 bits per heavy atom. The van der Waals surface area contributed by atoms with Gasteiger partial charge in [-0.05, 0) is 25.3 Å². The summed E-state index contributed by atoms with van der Waals surface area (Å²) in [6, 6.07) is 0.0633. The number of rotatable bonds is 5. The van der Waals surface area contributed by atoms with Crippen LogP contribution in [-0.4, -0.2) is 63.9 Å². The lowest BCUT2D eigenvalue weighted by Gasteiger charge is -2.32. The highest BCUT2D eigenvalue weighted by molar-refractivity contribution is 6.11. The van der Waals surface area contributed by atoms with Crippen LogP contribution in [0.2, 0.25) is 0 Å². The Labute approximate surface area is 157 Å². The Morgan fingerprint density at radius 1 is 1.37 bits per heavy atom. The van der Waals surface area contributed by atoms with Gasteiger partial charge in [-0.2, -0.15) is 0 Å². The number of carbonyl (C=O) groups excluding carboxylic acids is 2. The van der Waals surface area contributed by atoms with Gasteiger partial charge in [0.05, 0.1) is 12.0 Å². The summed E-state index contributed by atoms with van der Waals surface area (Å²) < 4.78 is 5.36. The lowest BCUT2D eigenvalue weighted by molar-refractivity contribution is -0.127. The molecule has 4 rings (SSSR count). The highest BCUT2D eigenvalue weighted by Crippen LogP contribution is 2.29. The average Bonchev–Trinajstić information content (AvgIpc) is 3.37. The lowest BCUT2D eigenvalue weighted by Crippen LogP contribution is -2.44. The number of hydrogen-bond acceptors (Lipinski definition) is 6. The van der Waals surface area contributed by atoms with Gasteiger partial charge in [-0.25, -0.2) is 9.97 Å². The van der Waals surface area contributed by atoms with E-state index < -0.39 is 0 Å². The number of carbonyl (C=O) groups is 2. The van der Waals surface area contributed by atoms with Crippen molar-refractivity contribution < 1.29 is 14.3 Å². The van der Waals surface area contributed by atoms with Gasteiger partial charge in [0, 0.05) is 43.4 Å². The summed E-state index contributed by atoms with van der Waals surface area (Å²) >= 11 is 0. The van der Waals surface area contributed by atoms with E-state index in [1.807, 2.05) is 0 Å². The molecule has 2 aliphatic heterocycles. The number of anilines is 1. The van der Waals surface area contributed by atoms with Crippen LogP contribution in [0.3, 0.4) is 0 Å². The van der Waals surface area contributed by atoms with Gasteiger partial charge < -0.3 is 19.9 Å². The maximum atomic E-state index is 12.9. The molecule has 0 bridgehead atoms. The maximum absolute atomic E-state index is 12.9. The second-order valence-electron chi connectivity index (χ2n) is 7.04. The fourth-order valence-corrected chi connectivity index (χ4v) is 3.85. The minimum absolute atomic E-state index is 0.0590. The van der Waals surface area contributed by atoms with Gasteiger partial charge >= 0.3 is 0 Å². The van der Waals surface area contributed by atoms with Crippen molar-refractivity contribution in [3.8, 4) is 0 Å². The molecule has 2 saturated heterocycles. The molecule has 4 heterocycles. The minimum atomic E-state index is -0.118. The predicted octanol–water partition coefficient (Wildman–Crippen LogP) is 1.77. The number of nitrogens with one attached hydrogen (secondary N) is 2. The normalized spacial score (nSPS) is 22.7. The Morgan fingerprint density at radius 2 is 2.26 bits per heavy atom. The van der Waals surface area contributed by atoms with Crippen molar-refractivity contribution in [2.75, 3.05) is 31.6 Å². The number of H-pyrrole nitrogens is 1. The van der Waals surface area contributed by atoms with E-state index in [1.165, 1.54) is 12.4 Å². The first-order valence-electron chi connectivity index (χ1n) is 9.29. The van der Waals surface area contributed by atoms with Crippen LogP contribution in [0.15, 0.2) is 25.2 Å². The standard InChI is InChI=1S/C19H23N5O3/c1-2-15(25)24-6-3-4-13(9-24)23-19-16-14(8-20-18(16)21-11-22-19)17(26)12-5-7-27-10-12/h2,8,11-13H,1,3-7,9-10H2,(H2,20,21,22,23)/t12?,13-/m1/s1. The van der Waals surface area contributed by atoms with Crippen molar-refractivity contribution in [1.29, 1.82) is 0 Å². The van der Waals surface area contributed by atoms with E-state index >= 15 is 0 Å². The number of aromatic amines is 1. The molecule has 0 spiro atoms. The first-order chi connectivity index (χ1) is 13.2. The zero-order valence-electron chi connectivity index (χ0n) is 15.1. The molecule has 2 N–H and O–H groups in total. The molecule has 8 nitrogen and oxygen atoms in total. The Kier molecular flexibility index (Phi) is 4.89. The van der Waals surface area contributed by atoms with Gasteiger partial charge in [-0.15, -0.1) is 0 Å². The third-order valence-electron chi connectivity index (χ3n) is 5.28. The molecular weight excluding hydrogens is 346 g/mol. The smallest absolute Gasteiger partial charge is 0.246 e. The van der Waals surface area contributed by atoms with Crippen LogP contribution >= 0.6 is 0 Å². The summed E-state index contributed by atoms with van der Waals surface area (Å²) in [5.74, 6) is 0.505. The van der Waals surface area contributed by atoms with E-state index in [0.717, 1.165) is 25.8 Å². The molecular formula is C19H23N5O3. The van der Waals surface area contributed by atoms with Crippen LogP contribution in [-0.2, 0) is 9.53 Å². The summed E-state index contributed by atoms with van der Waals surface area (Å²) in [5, 5.41) is 4.13. The Hall–Kier alpha value is -2.74. The number of Topliss-reactive ketones (excluding diaryl/α,β-unsaturated/α-hetero) is 1. The Bertz CT molecular complexity index is 871. The van der Waals surface area contributed by atoms with Gasteiger partial charge in [-0.1, -0.05) is 6.58 Å². The van der Waals surface area contributed by atoms with Crippen LogP contribution < -0.4 is 5.32 Å². The fourth-order valence-electron chi connectivity index (χ4n) is 3.85. The maximum Gasteiger partial charge on any atom is 0.246 e. The monoisotopic (exact) mass is 369 g/mol. The second kappa shape index (κ2) is 7.48. The van der Waals surface area contributed by atoms with Crippen LogP contribution in [0.5, 0.6) is 0 Å². The topological polar surface area (TPSA) is 100 Å². The van der Waals surface area contributed by atoms with Crippen LogP contribution in [0.25, 0.3) is 11.0 Å². The summed E-state index contributed by atoms with van der Waals surface area (Å²) in [7, 11) is 0. The van der Waals surface area contributed by atoms with E-state index in [9.17, 15) is 9.59 Å². The molecule has 2 fully saturated rings. The number of likely N-dealkylation sites (tertiary alicyclic amines) is 1. The first kappa shape index (κ1) is 17.7. The van der Waals surface area contributed by atoms with Crippen molar-refractivity contribution in [3.05, 3.63) is 30.7 Å². The van der Waals surface area contributed by atoms with Gasteiger partial charge in [-0.3, -0.25) is 9.59 Å². The number of fused-ring (bicyclic) bond motifs is 1. The van der Waals surface area contributed by atoms with E-state index in [2.05, 4.69) is 26.8 Å². The van der Waals surface area contributed by atoms with Crippen molar-refractivity contribution in [1.82, 2.24) is 19.9 Å². The van der Waals surface area contributed by atoms with Gasteiger partial charge in [0.25, 0.3) is 0 Å². The number of nitrogens with zero attached hydrogens (tertiary/aromatic N) is 3. The molecule has 8 heteroatoms. The SMILES string of the molecule is C=CC(=O)N1CCC[C@@H](Nc2ncnc3[nH]cc(C(=O)C4CCOC4)c23)C1. The van der Waals surface area contributed by atoms with Crippen LogP contribution in [0.4, 0.5) is 5.82 Å². The zero-order valence-corrected chi connectivity index (χ0v) is 15.1. The highest BCUT2D eigenvalue weighted by atomic mass is 16.5. The molecule has 2 aromatic rings. The van der Waals surface area contributed by atoms with Gasteiger partial charge in [0.15, 0.2) is 5.78 Å². The van der Waals surface area contributed by atoms with Gasteiger partial charge in [0.1, 0.15) is 17.8 Å². The third-order valence-corrected chi connectivity index (χ3v) is 5.28. The van der Waals surface area contributed by atoms with Crippen molar-refractivity contribution >= 4 is 28.5 Å². The molecule has 2 aliphatic rings. The summed E-state index contributed by atoms with van der Waals surface area (Å²) in [4.78, 5) is 38.3. The van der Waals surface area contributed by atoms with E-state index in [4.69, 9.17) is 4.74 Å². The third kappa shape index (κ3) is 3.44. The van der Waals surface area contributed by atoms with E-state index in [1.54, 1.807) is 11.1 Å². The quantitative estimate of drug-likeness (QED) is 0.615. The molecule has 0 aromatic carbocycles. The molecule has 142 valence electrons. The molecule has 0 saturated carbocycles. The second-order valence-corrected chi connectivity index (χ2v) is 7.04. The van der Waals surface area contributed by atoms with Crippen molar-refractivity contribution in [2.24, 2.45) is 5.92 Å². The van der Waals surface area contributed by atoms with Crippen LogP contribution in [0.1, 0.15) is 29.6 Å². The van der Waals surface area contributed by atoms with Gasteiger partial charge in [0.2, 0.25) is 5.91 Å². The van der Waals surface area contributed by atoms with E-state index in [0.29, 0.717) is 42.2 Å². The number of amides is 1. The summed E-state index contributed by atoms with van der Waals surface area (Å²) in [6.45, 7) is 5.96. The molecule has 2 atom stereocenters. The number of ketones is 1. The number of piperidine rings is 1. The predicted molar refractivity (Wildman–Crippen MR) is 101 cm³/mol. The average molecular weight is 369 g/mol. The molecule has 0 aliphatic carbocycles. The van der Waals surface area contributed by atoms with E-state index in [-0.39, 0.29) is 23.7 Å². The molecule has 1 unspecified atom stereocenters. The number of aromatic nitrogens is 3. The molecule has 1 amide bonds.